The first-order chi connectivity index (χ1) is 22.7. The Kier molecular flexibility index (Phi) is 9.47. The van der Waals surface area contributed by atoms with Crippen molar-refractivity contribution in [3.05, 3.63) is 84.4 Å². The predicted octanol–water partition coefficient (Wildman–Crippen LogP) is 5.73. The van der Waals surface area contributed by atoms with Gasteiger partial charge in [0.15, 0.2) is 6.61 Å². The molecule has 4 aliphatic carbocycles. The normalized spacial score (nSPS) is 22.3. The van der Waals surface area contributed by atoms with Crippen molar-refractivity contribution in [1.29, 1.82) is 0 Å². The number of nitrogens with one attached hydrogen (secondary N) is 2. The molecule has 4 fully saturated rings. The Morgan fingerprint density at radius 2 is 1.51 bits per heavy atom. The highest BCUT2D eigenvalue weighted by atomic mass is 16.5. The first-order valence-electron chi connectivity index (χ1n) is 16.4. The Hall–Kier alpha value is -4.86. The van der Waals surface area contributed by atoms with E-state index in [1.807, 2.05) is 48.5 Å². The molecule has 4 saturated carbocycles. The van der Waals surface area contributed by atoms with E-state index in [0.717, 1.165) is 24.9 Å². The fourth-order valence-electron chi connectivity index (χ4n) is 8.32. The minimum atomic E-state index is -0.965. The van der Waals surface area contributed by atoms with E-state index < -0.39 is 12.0 Å². The van der Waals surface area contributed by atoms with E-state index in [0.29, 0.717) is 47.0 Å². The average Bonchev–Trinajstić information content (AvgIpc) is 3.04. The number of carboxylic acid groups (broad SMARTS) is 1. The van der Waals surface area contributed by atoms with E-state index in [-0.39, 0.29) is 36.8 Å². The van der Waals surface area contributed by atoms with E-state index in [1.165, 1.54) is 19.3 Å². The van der Waals surface area contributed by atoms with Gasteiger partial charge in [0.25, 0.3) is 5.91 Å². The highest BCUT2D eigenvalue weighted by Crippen LogP contribution is 2.60. The number of nitrogens with zero attached hydrogens (tertiary/aromatic N) is 2. The highest BCUT2D eigenvalue weighted by molar-refractivity contribution is 6.00. The van der Waals surface area contributed by atoms with Gasteiger partial charge in [-0.1, -0.05) is 42.5 Å². The van der Waals surface area contributed by atoms with Crippen molar-refractivity contribution in [3.63, 3.8) is 0 Å². The lowest BCUT2D eigenvalue weighted by molar-refractivity contribution is -0.136. The third kappa shape index (κ3) is 7.76. The van der Waals surface area contributed by atoms with Crippen molar-refractivity contribution in [3.8, 4) is 5.75 Å². The van der Waals surface area contributed by atoms with Gasteiger partial charge < -0.3 is 30.3 Å². The SMILES string of the molecule is CN(C(=O)COc1ccccc1N(CC12CC3CC(CC(C3)C1)C2)C(=O)CNC(=O)Nc1cccc(CC(=O)O)c1)c1ccccc1. The number of ether oxygens (including phenoxy) is 1. The van der Waals surface area contributed by atoms with Gasteiger partial charge in [-0.05, 0) is 104 Å². The van der Waals surface area contributed by atoms with Crippen molar-refractivity contribution in [2.75, 3.05) is 41.9 Å². The molecule has 47 heavy (non-hydrogen) atoms. The van der Waals surface area contributed by atoms with E-state index in [1.54, 1.807) is 47.2 Å². The van der Waals surface area contributed by atoms with Crippen molar-refractivity contribution < 1.29 is 29.0 Å². The van der Waals surface area contributed by atoms with Gasteiger partial charge in [-0.25, -0.2) is 4.79 Å². The molecule has 0 saturated heterocycles. The quantitative estimate of drug-likeness (QED) is 0.233. The molecule has 0 atom stereocenters. The van der Waals surface area contributed by atoms with Crippen molar-refractivity contribution in [1.82, 2.24) is 5.32 Å². The van der Waals surface area contributed by atoms with Crippen LogP contribution in [-0.4, -0.2) is 55.7 Å². The summed E-state index contributed by atoms with van der Waals surface area (Å²) in [6.07, 6.45) is 6.94. The Morgan fingerprint density at radius 1 is 0.851 bits per heavy atom. The number of amides is 4. The van der Waals surface area contributed by atoms with Gasteiger partial charge in [0.1, 0.15) is 5.75 Å². The molecule has 0 radical (unpaired) electrons. The Morgan fingerprint density at radius 3 is 2.19 bits per heavy atom. The second-order valence-corrected chi connectivity index (χ2v) is 13.5. The number of rotatable bonds is 12. The third-order valence-electron chi connectivity index (χ3n) is 9.92. The van der Waals surface area contributed by atoms with E-state index in [9.17, 15) is 19.2 Å². The van der Waals surface area contributed by atoms with E-state index in [2.05, 4.69) is 10.6 Å². The molecular formula is C37H42N4O6. The van der Waals surface area contributed by atoms with Gasteiger partial charge in [-0.15, -0.1) is 0 Å². The first-order valence-corrected chi connectivity index (χ1v) is 16.4. The zero-order valence-electron chi connectivity index (χ0n) is 26.7. The molecule has 10 heteroatoms. The molecule has 4 aliphatic rings. The summed E-state index contributed by atoms with van der Waals surface area (Å²) in [5, 5.41) is 14.5. The third-order valence-corrected chi connectivity index (χ3v) is 9.92. The summed E-state index contributed by atoms with van der Waals surface area (Å²) in [5.41, 5.74) is 2.33. The van der Waals surface area contributed by atoms with Crippen LogP contribution in [0.4, 0.5) is 21.9 Å². The van der Waals surface area contributed by atoms with Crippen LogP contribution in [0.3, 0.4) is 0 Å². The predicted molar refractivity (Wildman–Crippen MR) is 180 cm³/mol. The van der Waals surface area contributed by atoms with Gasteiger partial charge in [-0.3, -0.25) is 14.4 Å². The molecule has 3 aromatic carbocycles. The summed E-state index contributed by atoms with van der Waals surface area (Å²) in [7, 11) is 1.70. The van der Waals surface area contributed by atoms with Crippen LogP contribution >= 0.6 is 0 Å². The largest absolute Gasteiger partial charge is 0.482 e. The number of aliphatic carboxylic acids is 1. The number of benzene rings is 3. The summed E-state index contributed by atoms with van der Waals surface area (Å²) in [6, 6.07) is 22.7. The second-order valence-electron chi connectivity index (χ2n) is 13.5. The van der Waals surface area contributed by atoms with Crippen molar-refractivity contribution in [2.45, 2.75) is 44.9 Å². The van der Waals surface area contributed by atoms with Gasteiger partial charge in [0.2, 0.25) is 5.91 Å². The van der Waals surface area contributed by atoms with Crippen LogP contribution in [-0.2, 0) is 20.8 Å². The number of carbonyl (C=O) groups excluding carboxylic acids is 3. The number of likely N-dealkylation sites (N-methyl/N-ethyl adjacent to an activating group) is 1. The number of hydrogen-bond donors (Lipinski definition) is 3. The lowest BCUT2D eigenvalue weighted by Crippen LogP contribution is -2.53. The highest BCUT2D eigenvalue weighted by Gasteiger charge is 2.52. The Balaban J connectivity index is 1.18. The maximum Gasteiger partial charge on any atom is 0.319 e. The number of anilines is 3. The minimum Gasteiger partial charge on any atom is -0.482 e. The monoisotopic (exact) mass is 638 g/mol. The average molecular weight is 639 g/mol. The number of para-hydroxylation sites is 3. The smallest absolute Gasteiger partial charge is 0.319 e. The number of hydrogen-bond acceptors (Lipinski definition) is 5. The standard InChI is InChI=1S/C37H42N4O6/c1-40(30-10-3-2-4-11-30)34(43)23-47-32-13-6-5-12-31(32)41(24-37-19-26-14-27(20-37)16-28(15-26)21-37)33(42)22-38-36(46)39-29-9-7-8-25(17-29)18-35(44)45/h2-13,17,26-28H,14-16,18-24H2,1H3,(H,44,45)(H2,38,39,46). The summed E-state index contributed by atoms with van der Waals surface area (Å²) in [5.74, 6) is 1.04. The van der Waals surface area contributed by atoms with Gasteiger partial charge in [0, 0.05) is 25.0 Å². The minimum absolute atomic E-state index is 0.00765. The Bertz CT molecular complexity index is 1590. The molecule has 7 rings (SSSR count). The molecule has 0 aromatic heterocycles. The lowest BCUT2D eigenvalue weighted by Gasteiger charge is -2.57. The molecule has 0 heterocycles. The zero-order chi connectivity index (χ0) is 33.0. The van der Waals surface area contributed by atoms with Gasteiger partial charge in [0.05, 0.1) is 18.7 Å². The fourth-order valence-corrected chi connectivity index (χ4v) is 8.32. The molecule has 0 unspecified atom stereocenters. The molecule has 0 aliphatic heterocycles. The van der Waals surface area contributed by atoms with Crippen LogP contribution in [0, 0.1) is 23.2 Å². The Labute approximate surface area is 275 Å². The van der Waals surface area contributed by atoms with Crippen LogP contribution in [0.1, 0.15) is 44.1 Å². The molecule has 3 N–H and O–H groups in total. The molecule has 10 nitrogen and oxygen atoms in total. The maximum atomic E-state index is 14.1. The maximum absolute atomic E-state index is 14.1. The fraction of sp³-hybridized carbons (Fsp3) is 0.405. The van der Waals surface area contributed by atoms with Crippen LogP contribution in [0.15, 0.2) is 78.9 Å². The van der Waals surface area contributed by atoms with Crippen LogP contribution in [0.5, 0.6) is 5.75 Å². The van der Waals surface area contributed by atoms with E-state index in [4.69, 9.17) is 9.84 Å². The van der Waals surface area contributed by atoms with Gasteiger partial charge >= 0.3 is 12.0 Å². The van der Waals surface area contributed by atoms with Gasteiger partial charge in [-0.2, -0.15) is 0 Å². The number of urea groups is 1. The van der Waals surface area contributed by atoms with Crippen molar-refractivity contribution in [2.24, 2.45) is 23.2 Å². The molecule has 246 valence electrons. The van der Waals surface area contributed by atoms with Crippen molar-refractivity contribution >= 4 is 40.9 Å². The second kappa shape index (κ2) is 13.9. The van der Waals surface area contributed by atoms with Crippen LogP contribution in [0.25, 0.3) is 0 Å². The molecule has 4 amide bonds. The number of carboxylic acids is 1. The lowest BCUT2D eigenvalue weighted by atomic mass is 9.49. The van der Waals surface area contributed by atoms with Crippen LogP contribution in [0.2, 0.25) is 0 Å². The topological polar surface area (TPSA) is 128 Å². The number of carbonyl (C=O) groups is 4. The molecular weight excluding hydrogens is 596 g/mol. The summed E-state index contributed by atoms with van der Waals surface area (Å²) >= 11 is 0. The summed E-state index contributed by atoms with van der Waals surface area (Å²) < 4.78 is 6.11. The van der Waals surface area contributed by atoms with Crippen LogP contribution < -0.4 is 25.2 Å². The molecule has 4 bridgehead atoms. The summed E-state index contributed by atoms with van der Waals surface area (Å²) in [6.45, 7) is 0.0640. The summed E-state index contributed by atoms with van der Waals surface area (Å²) in [4.78, 5) is 54.4. The zero-order valence-corrected chi connectivity index (χ0v) is 26.7. The molecule has 0 spiro atoms. The first kappa shape index (κ1) is 32.1. The van der Waals surface area contributed by atoms with E-state index >= 15 is 0 Å². The molecule has 3 aromatic rings.